The van der Waals surface area contributed by atoms with Crippen LogP contribution in [0.15, 0.2) is 71.1 Å². The highest BCUT2D eigenvalue weighted by Gasteiger charge is 2.38. The summed E-state index contributed by atoms with van der Waals surface area (Å²) in [6, 6.07) is 12.1. The average molecular weight is 496 g/mol. The van der Waals surface area contributed by atoms with Gasteiger partial charge in [-0.3, -0.25) is 9.96 Å². The minimum absolute atomic E-state index is 0.0203. The van der Waals surface area contributed by atoms with Crippen molar-refractivity contribution in [3.63, 3.8) is 0 Å². The number of nitrogens with one attached hydrogen (secondary N) is 2. The Morgan fingerprint density at radius 1 is 1.11 bits per heavy atom. The van der Waals surface area contributed by atoms with Crippen LogP contribution < -0.4 is 24.8 Å². The van der Waals surface area contributed by atoms with E-state index in [0.717, 1.165) is 5.56 Å². The van der Waals surface area contributed by atoms with E-state index in [1.165, 1.54) is 37.6 Å². The molecule has 0 saturated heterocycles. The molecule has 0 bridgehead atoms. The maximum absolute atomic E-state index is 14.3. The molecule has 0 aromatic heterocycles. The molecule has 35 heavy (non-hydrogen) atoms. The predicted molar refractivity (Wildman–Crippen MR) is 121 cm³/mol. The van der Waals surface area contributed by atoms with Crippen molar-refractivity contribution in [1.29, 1.82) is 0 Å². The van der Waals surface area contributed by atoms with Crippen molar-refractivity contribution in [3.05, 3.63) is 76.9 Å². The summed E-state index contributed by atoms with van der Waals surface area (Å²) in [5.74, 6) is 0.511. The van der Waals surface area contributed by atoms with E-state index in [-0.39, 0.29) is 29.5 Å². The van der Waals surface area contributed by atoms with Crippen molar-refractivity contribution in [3.8, 4) is 11.5 Å². The van der Waals surface area contributed by atoms with Gasteiger partial charge in [0.25, 0.3) is 0 Å². The molecule has 0 fully saturated rings. The van der Waals surface area contributed by atoms with Gasteiger partial charge in [-0.05, 0) is 35.9 Å². The fraction of sp³-hybridized carbons (Fsp3) is 0.261. The van der Waals surface area contributed by atoms with Gasteiger partial charge < -0.3 is 20.0 Å². The van der Waals surface area contributed by atoms with Gasteiger partial charge in [0.05, 0.1) is 13.7 Å². The highest BCUT2D eigenvalue weighted by atomic mass is 19.4. The minimum atomic E-state index is -4.46. The first-order valence-electron chi connectivity index (χ1n) is 10.4. The van der Waals surface area contributed by atoms with Crippen LogP contribution in [0.5, 0.6) is 11.5 Å². The van der Waals surface area contributed by atoms with E-state index in [1.807, 2.05) is 0 Å². The first-order chi connectivity index (χ1) is 16.6. The molecule has 12 heteroatoms. The molecular weight excluding hydrogens is 475 g/mol. The molecule has 2 aliphatic heterocycles. The molecule has 4 rings (SSSR count). The third-order valence-corrected chi connectivity index (χ3v) is 5.42. The van der Waals surface area contributed by atoms with E-state index in [0.29, 0.717) is 11.3 Å². The maximum atomic E-state index is 14.3. The minimum Gasteiger partial charge on any atom is -0.620 e. The van der Waals surface area contributed by atoms with E-state index >= 15 is 0 Å². The van der Waals surface area contributed by atoms with Crippen LogP contribution >= 0.6 is 0 Å². The van der Waals surface area contributed by atoms with Gasteiger partial charge in [0.2, 0.25) is 5.82 Å². The Morgan fingerprint density at radius 3 is 2.37 bits per heavy atom. The Hall–Kier alpha value is -3.48. The highest BCUT2D eigenvalue weighted by Crippen LogP contribution is 2.39. The Labute approximate surface area is 197 Å². The molecule has 0 radical (unpaired) electrons. The zero-order valence-electron chi connectivity index (χ0n) is 18.4. The first-order valence-corrected chi connectivity index (χ1v) is 10.4. The second-order valence-electron chi connectivity index (χ2n) is 7.80. The number of methoxy groups -OCH3 is 1. The number of nitrogens with zero attached hydrogens (tertiary/aromatic N) is 2. The summed E-state index contributed by atoms with van der Waals surface area (Å²) < 4.78 is 71.5. The number of rotatable bonds is 7. The summed E-state index contributed by atoms with van der Waals surface area (Å²) in [5.41, 5.74) is 1.74. The van der Waals surface area contributed by atoms with E-state index in [4.69, 9.17) is 4.74 Å². The topological polar surface area (TPSA) is 77.9 Å². The van der Waals surface area contributed by atoms with Crippen LogP contribution in [0.3, 0.4) is 0 Å². The Kier molecular flexibility index (Phi) is 6.79. The highest BCUT2D eigenvalue weighted by molar-refractivity contribution is 5.79. The SMILES string of the molecule is COc1ccc(C2=CC3=C(NC(NCC(F)(F)F)C=N3)[N+]([O-])(c3ccc(OC(F)F)cc3)C2)cc1. The summed E-state index contributed by atoms with van der Waals surface area (Å²) in [5, 5.41) is 19.4. The molecule has 2 N–H and O–H groups in total. The molecule has 0 amide bonds. The fourth-order valence-electron chi connectivity index (χ4n) is 3.80. The van der Waals surface area contributed by atoms with Crippen LogP contribution in [0, 0.1) is 5.21 Å². The first kappa shape index (κ1) is 24.6. The van der Waals surface area contributed by atoms with Crippen molar-refractivity contribution in [2.75, 3.05) is 20.2 Å². The smallest absolute Gasteiger partial charge is 0.401 e. The summed E-state index contributed by atoms with van der Waals surface area (Å²) in [6.45, 7) is -4.44. The van der Waals surface area contributed by atoms with Crippen LogP contribution in [0.25, 0.3) is 5.57 Å². The zero-order valence-corrected chi connectivity index (χ0v) is 18.4. The summed E-state index contributed by atoms with van der Waals surface area (Å²) in [7, 11) is 1.53. The van der Waals surface area contributed by atoms with Gasteiger partial charge in [-0.1, -0.05) is 12.1 Å². The molecule has 2 unspecified atom stereocenters. The van der Waals surface area contributed by atoms with Crippen LogP contribution in [-0.4, -0.2) is 45.4 Å². The predicted octanol–water partition coefficient (Wildman–Crippen LogP) is 4.52. The monoisotopic (exact) mass is 496 g/mol. The molecular formula is C23H21F5N4O3. The Morgan fingerprint density at radius 2 is 1.77 bits per heavy atom. The number of hydroxylamine groups is 2. The van der Waals surface area contributed by atoms with Crippen LogP contribution in [0.1, 0.15) is 5.56 Å². The van der Waals surface area contributed by atoms with Gasteiger partial charge in [-0.15, -0.1) is 0 Å². The number of allylic oxidation sites excluding steroid dienone is 1. The second kappa shape index (κ2) is 9.64. The molecule has 7 nitrogen and oxygen atoms in total. The van der Waals surface area contributed by atoms with E-state index in [2.05, 4.69) is 20.4 Å². The molecule has 2 aromatic rings. The largest absolute Gasteiger partial charge is 0.620 e. The quantitative estimate of drug-likeness (QED) is 0.335. The third kappa shape index (κ3) is 5.61. The number of ether oxygens (including phenoxy) is 2. The van der Waals surface area contributed by atoms with Crippen molar-refractivity contribution < 1.29 is 31.4 Å². The van der Waals surface area contributed by atoms with Gasteiger partial charge in [0.1, 0.15) is 35.6 Å². The molecule has 0 spiro atoms. The fourth-order valence-corrected chi connectivity index (χ4v) is 3.80. The normalized spacial score (nSPS) is 21.9. The van der Waals surface area contributed by atoms with E-state index in [9.17, 15) is 27.2 Å². The number of quaternary nitrogens is 1. The van der Waals surface area contributed by atoms with Gasteiger partial charge in [0, 0.05) is 23.9 Å². The van der Waals surface area contributed by atoms with Crippen LogP contribution in [-0.2, 0) is 0 Å². The van der Waals surface area contributed by atoms with Crippen molar-refractivity contribution in [1.82, 2.24) is 15.3 Å². The molecule has 2 atom stereocenters. The van der Waals surface area contributed by atoms with Crippen LogP contribution in [0.4, 0.5) is 27.6 Å². The standard InChI is InChI=1S/C23H21F5N4O3/c1-34-17-6-2-14(3-7-17)15-10-19-21(31-20(11-29-19)30-13-23(26,27)28)32(33,12-15)16-4-8-18(9-5-16)35-22(24)25/h2-11,20,22,30-31H,12-13H2,1H3. The summed E-state index contributed by atoms with van der Waals surface area (Å²) >= 11 is 0. The molecule has 0 saturated carbocycles. The lowest BCUT2D eigenvalue weighted by Crippen LogP contribution is -2.58. The van der Waals surface area contributed by atoms with Gasteiger partial charge in [-0.25, -0.2) is 4.99 Å². The number of halogens is 5. The summed E-state index contributed by atoms with van der Waals surface area (Å²) in [4.78, 5) is 4.24. The van der Waals surface area contributed by atoms with E-state index < -0.39 is 30.1 Å². The molecule has 2 aromatic carbocycles. The number of benzene rings is 2. The number of hydrogen-bond acceptors (Lipinski definition) is 6. The molecule has 186 valence electrons. The van der Waals surface area contributed by atoms with Crippen molar-refractivity contribution in [2.24, 2.45) is 4.99 Å². The van der Waals surface area contributed by atoms with Crippen LogP contribution in [0.2, 0.25) is 0 Å². The summed E-state index contributed by atoms with van der Waals surface area (Å²) in [6.07, 6.45) is -2.56. The lowest BCUT2D eigenvalue weighted by atomic mass is 9.99. The lowest BCUT2D eigenvalue weighted by Gasteiger charge is -2.47. The zero-order chi connectivity index (χ0) is 25.2. The molecule has 2 aliphatic rings. The van der Waals surface area contributed by atoms with Gasteiger partial charge in [-0.2, -0.15) is 22.0 Å². The van der Waals surface area contributed by atoms with Gasteiger partial charge >= 0.3 is 12.8 Å². The number of alkyl halides is 5. The average Bonchev–Trinajstić information content (AvgIpc) is 2.82. The third-order valence-electron chi connectivity index (χ3n) is 5.42. The molecule has 2 heterocycles. The number of aliphatic imine (C=N–C) groups is 1. The maximum Gasteiger partial charge on any atom is 0.401 e. The lowest BCUT2D eigenvalue weighted by molar-refractivity contribution is -0.125. The van der Waals surface area contributed by atoms with Crippen molar-refractivity contribution >= 4 is 17.5 Å². The Bertz CT molecular complexity index is 1150. The molecule has 0 aliphatic carbocycles. The van der Waals surface area contributed by atoms with E-state index in [1.54, 1.807) is 30.3 Å². The van der Waals surface area contributed by atoms with Crippen molar-refractivity contribution in [2.45, 2.75) is 19.0 Å². The second-order valence-corrected chi connectivity index (χ2v) is 7.80. The van der Waals surface area contributed by atoms with Gasteiger partial charge in [0.15, 0.2) is 0 Å². The Balaban J connectivity index is 1.71. The number of hydrogen-bond donors (Lipinski definition) is 2.